The van der Waals surface area contributed by atoms with Crippen LogP contribution < -0.4 is 5.73 Å². The highest BCUT2D eigenvalue weighted by atomic mass is 15.3. The highest BCUT2D eigenvalue weighted by Gasteiger charge is 2.16. The fourth-order valence-electron chi connectivity index (χ4n) is 0.835. The first-order valence-corrected chi connectivity index (χ1v) is 3.82. The lowest BCUT2D eigenvalue weighted by Crippen LogP contribution is -2.35. The highest BCUT2D eigenvalue weighted by Crippen LogP contribution is 2.04. The van der Waals surface area contributed by atoms with Crippen molar-refractivity contribution in [2.45, 2.75) is 25.4 Å². The largest absolute Gasteiger partial charge is 0.314 e. The number of nitriles is 1. The summed E-state index contributed by atoms with van der Waals surface area (Å²) < 4.78 is 1.77. The average molecular weight is 164 g/mol. The van der Waals surface area contributed by atoms with Crippen LogP contribution in [0.2, 0.25) is 0 Å². The molecule has 0 aliphatic rings. The van der Waals surface area contributed by atoms with Crippen LogP contribution in [0.25, 0.3) is 0 Å². The van der Waals surface area contributed by atoms with E-state index in [1.165, 1.54) is 0 Å². The van der Waals surface area contributed by atoms with Crippen molar-refractivity contribution < 1.29 is 0 Å². The van der Waals surface area contributed by atoms with E-state index in [-0.39, 0.29) is 0 Å². The number of nitrogens with zero attached hydrogens (tertiary/aromatic N) is 3. The predicted octanol–water partition coefficient (Wildman–Crippen LogP) is 0.514. The Hall–Kier alpha value is -1.34. The van der Waals surface area contributed by atoms with Crippen molar-refractivity contribution in [2.75, 3.05) is 0 Å². The molecule has 64 valence electrons. The van der Waals surface area contributed by atoms with Gasteiger partial charge in [-0.3, -0.25) is 4.68 Å². The van der Waals surface area contributed by atoms with E-state index in [9.17, 15) is 0 Å². The molecule has 12 heavy (non-hydrogen) atoms. The Bertz CT molecular complexity index is 268. The van der Waals surface area contributed by atoms with Crippen LogP contribution in [0.5, 0.6) is 0 Å². The first kappa shape index (κ1) is 8.75. The monoisotopic (exact) mass is 164 g/mol. The van der Waals surface area contributed by atoms with E-state index in [4.69, 9.17) is 11.0 Å². The lowest BCUT2D eigenvalue weighted by Gasteiger charge is -2.14. The van der Waals surface area contributed by atoms with Gasteiger partial charge in [-0.25, -0.2) is 0 Å². The van der Waals surface area contributed by atoms with E-state index >= 15 is 0 Å². The number of hydrogen-bond donors (Lipinski definition) is 1. The summed E-state index contributed by atoms with van der Waals surface area (Å²) in [6.45, 7) is 2.41. The molecule has 1 heterocycles. The molecule has 0 radical (unpaired) electrons. The molecule has 0 amide bonds. The number of rotatable bonds is 3. The van der Waals surface area contributed by atoms with Gasteiger partial charge in [-0.2, -0.15) is 10.4 Å². The number of hydrogen-bond acceptors (Lipinski definition) is 3. The summed E-state index contributed by atoms with van der Waals surface area (Å²) in [5, 5.41) is 12.6. The van der Waals surface area contributed by atoms with Crippen LogP contribution in [0, 0.1) is 11.3 Å². The fourth-order valence-corrected chi connectivity index (χ4v) is 0.835. The van der Waals surface area contributed by atoms with Crippen molar-refractivity contribution in [3.05, 3.63) is 18.5 Å². The Labute approximate surface area is 71.6 Å². The van der Waals surface area contributed by atoms with E-state index in [1.54, 1.807) is 17.8 Å². The molecule has 1 aromatic heterocycles. The lowest BCUT2D eigenvalue weighted by atomic mass is 10.0. The molecular formula is C8H12N4. The van der Waals surface area contributed by atoms with Crippen molar-refractivity contribution in [2.24, 2.45) is 5.73 Å². The van der Waals surface area contributed by atoms with Gasteiger partial charge in [0.05, 0.1) is 6.07 Å². The molecule has 0 saturated heterocycles. The first-order valence-electron chi connectivity index (χ1n) is 3.82. The standard InChI is InChI=1S/C8H12N4/c1-8(10,7-9)3-6-12-5-2-4-11-12/h2,4-5H,3,6,10H2,1H3. The van der Waals surface area contributed by atoms with Crippen molar-refractivity contribution in [1.82, 2.24) is 9.78 Å². The van der Waals surface area contributed by atoms with Crippen LogP contribution in [-0.2, 0) is 6.54 Å². The van der Waals surface area contributed by atoms with Gasteiger partial charge in [-0.1, -0.05) is 0 Å². The number of aromatic nitrogens is 2. The minimum atomic E-state index is -0.744. The molecule has 0 spiro atoms. The first-order chi connectivity index (χ1) is 5.64. The van der Waals surface area contributed by atoms with Crippen molar-refractivity contribution >= 4 is 0 Å². The van der Waals surface area contributed by atoms with Gasteiger partial charge in [0.1, 0.15) is 5.54 Å². The summed E-state index contributed by atoms with van der Waals surface area (Å²) in [6, 6.07) is 3.89. The van der Waals surface area contributed by atoms with Gasteiger partial charge in [0.25, 0.3) is 0 Å². The van der Waals surface area contributed by atoms with E-state index in [2.05, 4.69) is 5.10 Å². The molecule has 0 aliphatic carbocycles. The maximum atomic E-state index is 8.62. The van der Waals surface area contributed by atoms with E-state index in [1.807, 2.05) is 18.3 Å². The van der Waals surface area contributed by atoms with E-state index < -0.39 is 5.54 Å². The minimum absolute atomic E-state index is 0.616. The van der Waals surface area contributed by atoms with E-state index in [0.717, 1.165) is 0 Å². The summed E-state index contributed by atoms with van der Waals surface area (Å²) in [4.78, 5) is 0. The quantitative estimate of drug-likeness (QED) is 0.707. The maximum absolute atomic E-state index is 8.62. The second-order valence-corrected chi connectivity index (χ2v) is 3.05. The third-order valence-electron chi connectivity index (χ3n) is 1.67. The Morgan fingerprint density at radius 3 is 3.00 bits per heavy atom. The zero-order valence-corrected chi connectivity index (χ0v) is 7.07. The molecule has 1 rings (SSSR count). The molecule has 4 heteroatoms. The van der Waals surface area contributed by atoms with Gasteiger partial charge < -0.3 is 5.73 Å². The van der Waals surface area contributed by atoms with Crippen molar-refractivity contribution in [3.8, 4) is 6.07 Å². The third-order valence-corrected chi connectivity index (χ3v) is 1.67. The van der Waals surface area contributed by atoms with Crippen LogP contribution in [0.15, 0.2) is 18.5 Å². The van der Waals surface area contributed by atoms with Crippen LogP contribution >= 0.6 is 0 Å². The second-order valence-electron chi connectivity index (χ2n) is 3.05. The zero-order chi connectivity index (χ0) is 9.03. The SMILES string of the molecule is CC(N)(C#N)CCn1cccn1. The molecule has 1 aromatic rings. The van der Waals surface area contributed by atoms with Gasteiger partial charge in [-0.15, -0.1) is 0 Å². The van der Waals surface area contributed by atoms with Gasteiger partial charge >= 0.3 is 0 Å². The summed E-state index contributed by atoms with van der Waals surface area (Å²) in [5.41, 5.74) is 4.89. The molecule has 0 bridgehead atoms. The molecular weight excluding hydrogens is 152 g/mol. The molecule has 0 aliphatic heterocycles. The summed E-state index contributed by atoms with van der Waals surface area (Å²) in [7, 11) is 0. The molecule has 0 aromatic carbocycles. The number of nitrogens with two attached hydrogens (primary N) is 1. The molecule has 4 nitrogen and oxygen atoms in total. The van der Waals surface area contributed by atoms with Crippen molar-refractivity contribution in [1.29, 1.82) is 5.26 Å². The smallest absolute Gasteiger partial charge is 0.103 e. The minimum Gasteiger partial charge on any atom is -0.314 e. The Morgan fingerprint density at radius 1 is 1.75 bits per heavy atom. The fraction of sp³-hybridized carbons (Fsp3) is 0.500. The third kappa shape index (κ3) is 2.36. The van der Waals surface area contributed by atoms with Crippen LogP contribution in [0.1, 0.15) is 13.3 Å². The summed E-state index contributed by atoms with van der Waals surface area (Å²) in [6.07, 6.45) is 4.18. The Morgan fingerprint density at radius 2 is 2.50 bits per heavy atom. The van der Waals surface area contributed by atoms with E-state index in [0.29, 0.717) is 13.0 Å². The maximum Gasteiger partial charge on any atom is 0.103 e. The lowest BCUT2D eigenvalue weighted by molar-refractivity contribution is 0.467. The molecule has 1 atom stereocenters. The topological polar surface area (TPSA) is 67.6 Å². The van der Waals surface area contributed by atoms with Gasteiger partial charge in [0, 0.05) is 18.9 Å². The molecule has 0 saturated carbocycles. The Balaban J connectivity index is 2.42. The average Bonchev–Trinajstić information content (AvgIpc) is 2.53. The van der Waals surface area contributed by atoms with Gasteiger partial charge in [-0.05, 0) is 19.4 Å². The normalized spacial score (nSPS) is 15.1. The molecule has 2 N–H and O–H groups in total. The molecule has 0 fully saturated rings. The van der Waals surface area contributed by atoms with Crippen LogP contribution in [0.4, 0.5) is 0 Å². The highest BCUT2D eigenvalue weighted by molar-refractivity contribution is 5.00. The predicted molar refractivity (Wildman–Crippen MR) is 45.0 cm³/mol. The zero-order valence-electron chi connectivity index (χ0n) is 7.07. The molecule has 1 unspecified atom stereocenters. The van der Waals surface area contributed by atoms with Gasteiger partial charge in [0.15, 0.2) is 0 Å². The summed E-state index contributed by atoms with van der Waals surface area (Å²) >= 11 is 0. The van der Waals surface area contributed by atoms with Crippen LogP contribution in [0.3, 0.4) is 0 Å². The Kier molecular flexibility index (Phi) is 2.46. The van der Waals surface area contributed by atoms with Crippen molar-refractivity contribution in [3.63, 3.8) is 0 Å². The van der Waals surface area contributed by atoms with Gasteiger partial charge in [0.2, 0.25) is 0 Å². The number of aryl methyl sites for hydroxylation is 1. The van der Waals surface area contributed by atoms with Crippen LogP contribution in [-0.4, -0.2) is 15.3 Å². The summed E-state index contributed by atoms with van der Waals surface area (Å²) in [5.74, 6) is 0. The second kappa shape index (κ2) is 3.37.